The summed E-state index contributed by atoms with van der Waals surface area (Å²) in [4.78, 5) is 12.1. The molecule has 0 aliphatic heterocycles. The van der Waals surface area contributed by atoms with Crippen LogP contribution in [0.1, 0.15) is 0 Å². The van der Waals surface area contributed by atoms with Crippen LogP contribution in [0.5, 0.6) is 5.75 Å². The lowest BCUT2D eigenvalue weighted by Crippen LogP contribution is -2.13. The number of fused-ring (bicyclic) bond motifs is 1. The van der Waals surface area contributed by atoms with E-state index >= 15 is 0 Å². The quantitative estimate of drug-likeness (QED) is 0.00809. The molecule has 0 fully saturated rings. The molecule has 31 heteroatoms. The molecular formula is C29H28N10O16S5. The third-order valence-corrected chi connectivity index (χ3v) is 10.2. The maximum Gasteiger partial charge on any atom is 0.397 e. The number of nitrogen functional groups attached to an aromatic ring is 1. The Morgan fingerprint density at radius 2 is 1.47 bits per heavy atom. The van der Waals surface area contributed by atoms with Crippen LogP contribution in [-0.2, 0) is 53.3 Å². The molecule has 5 rings (SSSR count). The van der Waals surface area contributed by atoms with Crippen molar-refractivity contribution in [2.24, 2.45) is 10.2 Å². The van der Waals surface area contributed by atoms with E-state index in [1.165, 1.54) is 30.3 Å². The number of azo groups is 1. The molecule has 1 aromatic heterocycles. The van der Waals surface area contributed by atoms with E-state index < -0.39 is 47.6 Å². The summed E-state index contributed by atoms with van der Waals surface area (Å²) in [6, 6.07) is 16.6. The molecular weight excluding hydrogens is 905 g/mol. The number of phenols is 1. The number of hydrogen-bond acceptors (Lipinski definition) is 26. The SMILES string of the molecule is CS(=O)(=O)CCOS(=O)(=O)O.N#CNc1nc(Nc2ccccc2)nc(Nc2ccc(N=Nc3c(N)c(SOOO)cc4cc(SOOO)cc(O)c34)c(S(=O)(=O)O)c2)n1. The van der Waals surface area contributed by atoms with E-state index in [0.29, 0.717) is 29.8 Å². The molecule has 60 heavy (non-hydrogen) atoms. The molecule has 26 nitrogen and oxygen atoms in total. The molecule has 5 aromatic rings. The minimum atomic E-state index is -4.93. The van der Waals surface area contributed by atoms with Crippen LogP contribution in [0.4, 0.5) is 46.3 Å². The van der Waals surface area contributed by atoms with E-state index in [9.17, 15) is 34.9 Å². The highest BCUT2D eigenvalue weighted by Gasteiger charge is 2.21. The number of nitrogens with two attached hydrogens (primary N) is 1. The molecule has 0 aliphatic rings. The first kappa shape index (κ1) is 47.1. The van der Waals surface area contributed by atoms with Gasteiger partial charge in [-0.05, 0) is 53.9 Å². The van der Waals surface area contributed by atoms with Gasteiger partial charge in [0.15, 0.2) is 6.19 Å². The fourth-order valence-corrected chi connectivity index (χ4v) is 6.78. The lowest BCUT2D eigenvalue weighted by atomic mass is 10.1. The van der Waals surface area contributed by atoms with Gasteiger partial charge in [0.25, 0.3) is 10.1 Å². The summed E-state index contributed by atoms with van der Waals surface area (Å²) in [5, 5.41) is 60.7. The Kier molecular flexibility index (Phi) is 16.6. The van der Waals surface area contributed by atoms with Gasteiger partial charge in [0.2, 0.25) is 17.8 Å². The zero-order chi connectivity index (χ0) is 44.1. The summed E-state index contributed by atoms with van der Waals surface area (Å²) in [5.41, 5.74) is 6.32. The number of nitriles is 1. The molecule has 1 heterocycles. The van der Waals surface area contributed by atoms with Gasteiger partial charge < -0.3 is 21.5 Å². The van der Waals surface area contributed by atoms with Crippen molar-refractivity contribution in [3.05, 3.63) is 66.7 Å². The molecule has 10 N–H and O–H groups in total. The topological polar surface area (TPSA) is 399 Å². The van der Waals surface area contributed by atoms with Gasteiger partial charge in [-0.25, -0.2) is 23.1 Å². The van der Waals surface area contributed by atoms with Crippen molar-refractivity contribution in [2.75, 3.05) is 40.3 Å². The maximum absolute atomic E-state index is 12.5. The molecule has 0 aliphatic carbocycles. The van der Waals surface area contributed by atoms with Crippen LogP contribution in [0, 0.1) is 11.5 Å². The average Bonchev–Trinajstić information content (AvgIpc) is 3.15. The predicted molar refractivity (Wildman–Crippen MR) is 211 cm³/mol. The second kappa shape index (κ2) is 21.1. The number of aromatic hydroxyl groups is 1. The highest BCUT2D eigenvalue weighted by Crippen LogP contribution is 2.46. The van der Waals surface area contributed by atoms with Gasteiger partial charge in [0.1, 0.15) is 31.9 Å². The van der Waals surface area contributed by atoms with Crippen molar-refractivity contribution in [1.82, 2.24) is 15.0 Å². The van der Waals surface area contributed by atoms with E-state index in [4.69, 9.17) is 26.1 Å². The molecule has 0 saturated heterocycles. The van der Waals surface area contributed by atoms with Crippen molar-refractivity contribution in [1.29, 1.82) is 5.26 Å². The van der Waals surface area contributed by atoms with Gasteiger partial charge in [-0.2, -0.15) is 37.0 Å². The fraction of sp³-hybridized carbons (Fsp3) is 0.103. The molecule has 0 atom stereocenters. The van der Waals surface area contributed by atoms with Gasteiger partial charge in [-0.1, -0.05) is 28.3 Å². The number of benzene rings is 4. The highest BCUT2D eigenvalue weighted by molar-refractivity contribution is 7.95. The average molecular weight is 933 g/mol. The second-order valence-electron chi connectivity index (χ2n) is 11.0. The number of rotatable bonds is 18. The van der Waals surface area contributed by atoms with Gasteiger partial charge in [0.05, 0.1) is 52.4 Å². The van der Waals surface area contributed by atoms with E-state index in [-0.39, 0.29) is 66.9 Å². The molecule has 0 unspecified atom stereocenters. The number of sulfone groups is 1. The molecule has 0 amide bonds. The standard InChI is InChI=1S/C26H20N10O10S3.C3H8O6S2/c27-12-29-24-32-25(30-14-4-2-1-3-5-14)34-26(33-24)31-15-6-7-17(20(10-15)49(40,41)42)35-36-23-21-13(9-19(22(23)28)48-46-44-39)8-16(11-18(21)37)47-45-43-38;1-10(4,5)3-2-9-11(6,7)8/h1-11,37-39H,28H2,(H,40,41,42)(H3,29,30,31,32,33,34);2-3H2,1H3,(H,6,7,8). The van der Waals surface area contributed by atoms with Crippen LogP contribution >= 0.6 is 24.1 Å². The third-order valence-electron chi connectivity index (χ3n) is 6.75. The summed E-state index contributed by atoms with van der Waals surface area (Å²) < 4.78 is 96.1. The Labute approximate surface area is 347 Å². The van der Waals surface area contributed by atoms with Crippen molar-refractivity contribution >= 4 is 111 Å². The van der Waals surface area contributed by atoms with Crippen LogP contribution in [-0.4, -0.2) is 83.5 Å². The normalized spacial score (nSPS) is 11.8. The lowest BCUT2D eigenvalue weighted by Gasteiger charge is -2.13. The van der Waals surface area contributed by atoms with Crippen molar-refractivity contribution < 1.29 is 72.9 Å². The summed E-state index contributed by atoms with van der Waals surface area (Å²) >= 11 is 1.02. The molecule has 4 aromatic carbocycles. The Morgan fingerprint density at radius 1 is 0.833 bits per heavy atom. The van der Waals surface area contributed by atoms with Crippen LogP contribution in [0.25, 0.3) is 10.8 Å². The number of phenolic OH excluding ortho intramolecular Hbond substituents is 1. The first-order valence-electron chi connectivity index (χ1n) is 15.5. The number of nitrogens with one attached hydrogen (secondary N) is 3. The Hall–Kier alpha value is -5.57. The predicted octanol–water partition coefficient (Wildman–Crippen LogP) is 5.06. The van der Waals surface area contributed by atoms with Crippen molar-refractivity contribution in [2.45, 2.75) is 14.7 Å². The first-order chi connectivity index (χ1) is 28.3. The molecule has 320 valence electrons. The number of nitrogens with zero attached hydrogens (tertiary/aromatic N) is 6. The van der Waals surface area contributed by atoms with Crippen molar-refractivity contribution in [3.8, 4) is 11.9 Å². The highest BCUT2D eigenvalue weighted by atomic mass is 32.3. The Balaban J connectivity index is 0.000000633. The molecule has 0 bridgehead atoms. The van der Waals surface area contributed by atoms with E-state index in [2.05, 4.69) is 64.1 Å². The smallest absolute Gasteiger partial charge is 0.397 e. The second-order valence-corrected chi connectivity index (χ2v) is 17.3. The van der Waals surface area contributed by atoms with Crippen molar-refractivity contribution in [3.63, 3.8) is 0 Å². The minimum Gasteiger partial charge on any atom is -0.507 e. The summed E-state index contributed by atoms with van der Waals surface area (Å²) in [6.07, 6.45) is 2.64. The third kappa shape index (κ3) is 14.6. The van der Waals surface area contributed by atoms with Crippen LogP contribution in [0.3, 0.4) is 0 Å². The van der Waals surface area contributed by atoms with Gasteiger partial charge in [-0.15, -0.1) is 18.9 Å². The summed E-state index contributed by atoms with van der Waals surface area (Å²) in [5.74, 6) is -0.994. The monoisotopic (exact) mass is 932 g/mol. The zero-order valence-electron chi connectivity index (χ0n) is 29.8. The number of hydrogen-bond donors (Lipinski definition) is 9. The largest absolute Gasteiger partial charge is 0.507 e. The summed E-state index contributed by atoms with van der Waals surface area (Å²) in [6.45, 7) is -0.558. The summed E-state index contributed by atoms with van der Waals surface area (Å²) in [7, 11) is -12.7. The lowest BCUT2D eigenvalue weighted by molar-refractivity contribution is -0.432. The molecule has 0 radical (unpaired) electrons. The van der Waals surface area contributed by atoms with E-state index in [1.807, 2.05) is 6.07 Å². The number of para-hydroxylation sites is 1. The Bertz CT molecular complexity index is 2700. The van der Waals surface area contributed by atoms with Crippen LogP contribution in [0.15, 0.2) is 91.6 Å². The maximum atomic E-state index is 12.5. The molecule has 0 saturated carbocycles. The Morgan fingerprint density at radius 3 is 2.07 bits per heavy atom. The first-order valence-corrected chi connectivity index (χ1v) is 21.9. The zero-order valence-corrected chi connectivity index (χ0v) is 33.9. The molecule has 0 spiro atoms. The van der Waals surface area contributed by atoms with Gasteiger partial charge in [0, 0.05) is 22.5 Å². The van der Waals surface area contributed by atoms with Crippen LogP contribution < -0.4 is 21.7 Å². The van der Waals surface area contributed by atoms with E-state index in [0.717, 1.165) is 12.3 Å². The number of anilines is 6. The fourth-order valence-electron chi connectivity index (χ4n) is 4.44. The van der Waals surface area contributed by atoms with Gasteiger partial charge in [-0.3, -0.25) is 14.4 Å². The minimum absolute atomic E-state index is 0.0475. The van der Waals surface area contributed by atoms with Gasteiger partial charge >= 0.3 is 10.4 Å². The number of aromatic nitrogens is 3. The van der Waals surface area contributed by atoms with Crippen LogP contribution in [0.2, 0.25) is 0 Å². The van der Waals surface area contributed by atoms with E-state index in [1.54, 1.807) is 30.5 Å².